The van der Waals surface area contributed by atoms with Crippen LogP contribution in [0.2, 0.25) is 0 Å². The Morgan fingerprint density at radius 2 is 1.89 bits per heavy atom. The molecule has 2 aromatic heterocycles. The summed E-state index contributed by atoms with van der Waals surface area (Å²) in [5.41, 5.74) is 1.55. The minimum Gasteiger partial charge on any atom is -0.490 e. The van der Waals surface area contributed by atoms with E-state index in [9.17, 15) is 14.4 Å². The van der Waals surface area contributed by atoms with Crippen LogP contribution in [0.15, 0.2) is 41.8 Å². The van der Waals surface area contributed by atoms with E-state index < -0.39 is 17.5 Å². The number of ketones is 1. The summed E-state index contributed by atoms with van der Waals surface area (Å²) in [5, 5.41) is 4.79. The molecule has 182 valence electrons. The van der Waals surface area contributed by atoms with E-state index in [4.69, 9.17) is 9.47 Å². The zero-order valence-corrected chi connectivity index (χ0v) is 20.7. The largest absolute Gasteiger partial charge is 0.490 e. The van der Waals surface area contributed by atoms with Crippen molar-refractivity contribution in [1.82, 2.24) is 14.8 Å². The third kappa shape index (κ3) is 4.10. The highest BCUT2D eigenvalue weighted by molar-refractivity contribution is 7.09. The maximum Gasteiger partial charge on any atom is 0.325 e. The van der Waals surface area contributed by atoms with Crippen LogP contribution in [0.4, 0.5) is 4.79 Å². The molecule has 0 saturated carbocycles. The lowest BCUT2D eigenvalue weighted by Gasteiger charge is -2.23. The van der Waals surface area contributed by atoms with Gasteiger partial charge in [-0.2, -0.15) is 0 Å². The van der Waals surface area contributed by atoms with E-state index in [1.54, 1.807) is 36.5 Å². The molecule has 2 aliphatic heterocycles. The van der Waals surface area contributed by atoms with Crippen LogP contribution < -0.4 is 14.8 Å². The second-order valence-corrected chi connectivity index (χ2v) is 10.1. The number of amides is 3. The van der Waals surface area contributed by atoms with Crippen LogP contribution in [-0.4, -0.2) is 46.9 Å². The van der Waals surface area contributed by atoms with Crippen molar-refractivity contribution in [1.29, 1.82) is 0 Å². The summed E-state index contributed by atoms with van der Waals surface area (Å²) in [5.74, 6) is 0.396. The van der Waals surface area contributed by atoms with Crippen molar-refractivity contribution in [3.63, 3.8) is 0 Å². The first-order valence-corrected chi connectivity index (χ1v) is 12.4. The molecule has 1 fully saturated rings. The van der Waals surface area contributed by atoms with Crippen molar-refractivity contribution in [3.05, 3.63) is 69.2 Å². The molecule has 5 rings (SSSR count). The summed E-state index contributed by atoms with van der Waals surface area (Å²) >= 11 is 1.66. The number of Topliss-reactive ketones (excluding diaryl/α,β-unsaturated/α-hetero) is 1. The zero-order chi connectivity index (χ0) is 24.7. The zero-order valence-electron chi connectivity index (χ0n) is 19.9. The normalized spacial score (nSPS) is 19.6. The summed E-state index contributed by atoms with van der Waals surface area (Å²) in [7, 11) is 0. The van der Waals surface area contributed by atoms with Crippen LogP contribution in [0.25, 0.3) is 0 Å². The Morgan fingerprint density at radius 1 is 1.11 bits per heavy atom. The molecule has 3 amide bonds. The van der Waals surface area contributed by atoms with Gasteiger partial charge in [0.1, 0.15) is 5.54 Å². The number of urea groups is 1. The van der Waals surface area contributed by atoms with Gasteiger partial charge in [-0.25, -0.2) is 4.79 Å². The lowest BCUT2D eigenvalue weighted by molar-refractivity contribution is -0.130. The minimum absolute atomic E-state index is 0.276. The molecule has 1 aromatic carbocycles. The number of thiophene rings is 1. The molecule has 0 spiro atoms. The van der Waals surface area contributed by atoms with Crippen LogP contribution >= 0.6 is 11.3 Å². The number of rotatable bonds is 6. The monoisotopic (exact) mass is 493 g/mol. The molecular weight excluding hydrogens is 466 g/mol. The first-order chi connectivity index (χ1) is 16.8. The van der Waals surface area contributed by atoms with Gasteiger partial charge >= 0.3 is 6.03 Å². The first-order valence-electron chi connectivity index (χ1n) is 11.5. The van der Waals surface area contributed by atoms with Crippen LogP contribution in [0, 0.1) is 13.8 Å². The van der Waals surface area contributed by atoms with Gasteiger partial charge in [-0.15, -0.1) is 11.3 Å². The Hall–Kier alpha value is -3.59. The highest BCUT2D eigenvalue weighted by Gasteiger charge is 2.50. The number of aryl methyl sites for hydroxylation is 1. The Morgan fingerprint density at radius 3 is 2.63 bits per heavy atom. The standard InChI is InChI=1S/C26H27N3O5S/c1-16-12-20(17(2)28(16)14-19-6-4-11-35-19)21(30)15-29-24(31)26(3,27-25(29)32)18-7-8-22-23(13-18)34-10-5-9-33-22/h4,6-8,11-13H,5,9-10,14-15H2,1-3H3,(H,27,32)/t26-/m1/s1. The number of benzene rings is 1. The van der Waals surface area contributed by atoms with Gasteiger partial charge in [0.25, 0.3) is 5.91 Å². The fourth-order valence-electron chi connectivity index (χ4n) is 4.62. The van der Waals surface area contributed by atoms with Gasteiger partial charge in [-0.3, -0.25) is 14.5 Å². The highest BCUT2D eigenvalue weighted by atomic mass is 32.1. The number of carbonyl (C=O) groups excluding carboxylic acids is 3. The molecule has 1 saturated heterocycles. The van der Waals surface area contributed by atoms with E-state index in [0.29, 0.717) is 42.4 Å². The van der Waals surface area contributed by atoms with E-state index >= 15 is 0 Å². The molecule has 2 aliphatic rings. The number of fused-ring (bicyclic) bond motifs is 1. The number of ether oxygens (including phenoxy) is 2. The molecule has 0 radical (unpaired) electrons. The van der Waals surface area contributed by atoms with E-state index in [1.165, 1.54) is 4.88 Å². The van der Waals surface area contributed by atoms with Gasteiger partial charge in [0.15, 0.2) is 17.3 Å². The van der Waals surface area contributed by atoms with Gasteiger partial charge in [0, 0.05) is 28.2 Å². The van der Waals surface area contributed by atoms with Crippen molar-refractivity contribution in [2.24, 2.45) is 0 Å². The molecule has 0 bridgehead atoms. The fourth-order valence-corrected chi connectivity index (χ4v) is 5.32. The van der Waals surface area contributed by atoms with Crippen LogP contribution in [0.3, 0.4) is 0 Å². The third-order valence-electron chi connectivity index (χ3n) is 6.67. The quantitative estimate of drug-likeness (QED) is 0.414. The van der Waals surface area contributed by atoms with Gasteiger partial charge < -0.3 is 19.4 Å². The van der Waals surface area contributed by atoms with Gasteiger partial charge in [0.2, 0.25) is 0 Å². The molecule has 0 aliphatic carbocycles. The Kier molecular flexibility index (Phi) is 5.88. The lowest BCUT2D eigenvalue weighted by atomic mass is 9.91. The van der Waals surface area contributed by atoms with Crippen molar-refractivity contribution in [2.45, 2.75) is 39.3 Å². The van der Waals surface area contributed by atoms with E-state index in [-0.39, 0.29) is 12.3 Å². The number of aromatic nitrogens is 1. The van der Waals surface area contributed by atoms with E-state index in [0.717, 1.165) is 22.7 Å². The van der Waals surface area contributed by atoms with Crippen molar-refractivity contribution in [2.75, 3.05) is 19.8 Å². The number of hydrogen-bond donors (Lipinski definition) is 1. The average Bonchev–Trinajstić information content (AvgIpc) is 3.43. The minimum atomic E-state index is -1.31. The maximum absolute atomic E-state index is 13.4. The molecule has 3 aromatic rings. The molecule has 9 heteroatoms. The average molecular weight is 494 g/mol. The van der Waals surface area contributed by atoms with Crippen molar-refractivity contribution < 1.29 is 23.9 Å². The highest BCUT2D eigenvalue weighted by Crippen LogP contribution is 2.36. The summed E-state index contributed by atoms with van der Waals surface area (Å²) in [6.45, 7) is 6.90. The maximum atomic E-state index is 13.4. The predicted octanol–water partition coefficient (Wildman–Crippen LogP) is 4.03. The first kappa shape index (κ1) is 23.2. The van der Waals surface area contributed by atoms with Crippen molar-refractivity contribution >= 4 is 29.1 Å². The van der Waals surface area contributed by atoms with E-state index in [1.807, 2.05) is 31.4 Å². The Balaban J connectivity index is 1.36. The van der Waals surface area contributed by atoms with Crippen LogP contribution in [0.1, 0.15) is 45.5 Å². The van der Waals surface area contributed by atoms with Crippen LogP contribution in [0.5, 0.6) is 11.5 Å². The SMILES string of the molecule is Cc1cc(C(=O)CN2C(=O)N[C@](C)(c3ccc4c(c3)OCCCO4)C2=O)c(C)n1Cc1cccs1. The summed E-state index contributed by atoms with van der Waals surface area (Å²) in [4.78, 5) is 41.7. The summed E-state index contributed by atoms with van der Waals surface area (Å²) in [6, 6.07) is 10.5. The second kappa shape index (κ2) is 8.88. The number of hydrogen-bond acceptors (Lipinski definition) is 6. The smallest absolute Gasteiger partial charge is 0.325 e. The van der Waals surface area contributed by atoms with Gasteiger partial charge in [-0.05, 0) is 56.0 Å². The number of nitrogens with one attached hydrogen (secondary N) is 1. The van der Waals surface area contributed by atoms with Crippen molar-refractivity contribution in [3.8, 4) is 11.5 Å². The molecule has 8 nitrogen and oxygen atoms in total. The van der Waals surface area contributed by atoms with Gasteiger partial charge in [-0.1, -0.05) is 12.1 Å². The third-order valence-corrected chi connectivity index (χ3v) is 7.53. The van der Waals surface area contributed by atoms with E-state index in [2.05, 4.69) is 16.0 Å². The number of carbonyl (C=O) groups is 3. The lowest BCUT2D eigenvalue weighted by Crippen LogP contribution is -2.41. The molecule has 35 heavy (non-hydrogen) atoms. The summed E-state index contributed by atoms with van der Waals surface area (Å²) in [6.07, 6.45) is 0.765. The summed E-state index contributed by atoms with van der Waals surface area (Å²) < 4.78 is 13.5. The van der Waals surface area contributed by atoms with Gasteiger partial charge in [0.05, 0.1) is 26.3 Å². The Bertz CT molecular complexity index is 1310. The topological polar surface area (TPSA) is 89.9 Å². The molecule has 4 heterocycles. The number of imide groups is 1. The van der Waals surface area contributed by atoms with Crippen LogP contribution in [-0.2, 0) is 16.9 Å². The Labute approximate surface area is 207 Å². The second-order valence-electron chi connectivity index (χ2n) is 9.03. The predicted molar refractivity (Wildman–Crippen MR) is 131 cm³/mol. The fraction of sp³-hybridized carbons (Fsp3) is 0.346. The molecule has 0 unspecified atom stereocenters. The molecular formula is C26H27N3O5S. The molecule has 1 N–H and O–H groups in total. The number of nitrogens with zero attached hydrogens (tertiary/aromatic N) is 2. The molecule has 1 atom stereocenters.